The van der Waals surface area contributed by atoms with Crippen molar-refractivity contribution in [3.63, 3.8) is 0 Å². The minimum atomic E-state index is -0.254. The Morgan fingerprint density at radius 1 is 1.29 bits per heavy atom. The number of benzene rings is 1. The van der Waals surface area contributed by atoms with Crippen molar-refractivity contribution < 1.29 is 4.39 Å². The number of alkyl halides is 1. The SMILES string of the molecule is Fc1cc(Br)cc(Cn2cc(CCBr)nn2)c1. The van der Waals surface area contributed by atoms with E-state index in [1.807, 2.05) is 12.3 Å². The summed E-state index contributed by atoms with van der Waals surface area (Å²) in [5.41, 5.74) is 1.78. The Hall–Kier alpha value is -0.750. The quantitative estimate of drug-likeness (QED) is 0.782. The summed E-state index contributed by atoms with van der Waals surface area (Å²) in [4.78, 5) is 0. The summed E-state index contributed by atoms with van der Waals surface area (Å²) in [7, 11) is 0. The zero-order valence-electron chi connectivity index (χ0n) is 8.91. The number of rotatable bonds is 4. The fraction of sp³-hybridized carbons (Fsp3) is 0.273. The molecule has 2 aromatic rings. The molecule has 0 aliphatic heterocycles. The molecule has 0 saturated carbocycles. The molecule has 0 atom stereocenters. The lowest BCUT2D eigenvalue weighted by Gasteiger charge is -2.02. The highest BCUT2D eigenvalue weighted by Gasteiger charge is 2.03. The Bertz CT molecular complexity index is 493. The molecule has 2 rings (SSSR count). The first-order valence-electron chi connectivity index (χ1n) is 5.07. The maximum Gasteiger partial charge on any atom is 0.124 e. The number of halogens is 3. The predicted molar refractivity (Wildman–Crippen MR) is 70.7 cm³/mol. The molecule has 1 aromatic carbocycles. The van der Waals surface area contributed by atoms with Crippen molar-refractivity contribution >= 4 is 31.9 Å². The molecule has 1 aromatic heterocycles. The molecule has 6 heteroatoms. The lowest BCUT2D eigenvalue weighted by atomic mass is 10.2. The Kier molecular flexibility index (Phi) is 4.28. The zero-order chi connectivity index (χ0) is 12.3. The van der Waals surface area contributed by atoms with Crippen molar-refractivity contribution in [3.8, 4) is 0 Å². The van der Waals surface area contributed by atoms with Gasteiger partial charge in [-0.2, -0.15) is 0 Å². The second-order valence-corrected chi connectivity index (χ2v) is 5.33. The second kappa shape index (κ2) is 5.73. The summed E-state index contributed by atoms with van der Waals surface area (Å²) in [6.45, 7) is 0.519. The monoisotopic (exact) mass is 361 g/mol. The van der Waals surface area contributed by atoms with E-state index < -0.39 is 0 Å². The van der Waals surface area contributed by atoms with Crippen LogP contribution in [0.4, 0.5) is 4.39 Å². The van der Waals surface area contributed by atoms with Crippen LogP contribution in [0.2, 0.25) is 0 Å². The van der Waals surface area contributed by atoms with Gasteiger partial charge in [-0.15, -0.1) is 5.10 Å². The fourth-order valence-corrected chi connectivity index (χ4v) is 2.44. The molecule has 90 valence electrons. The van der Waals surface area contributed by atoms with E-state index in [-0.39, 0.29) is 5.82 Å². The molecule has 3 nitrogen and oxygen atoms in total. The van der Waals surface area contributed by atoms with Crippen LogP contribution in [0, 0.1) is 5.82 Å². The largest absolute Gasteiger partial charge is 0.248 e. The van der Waals surface area contributed by atoms with E-state index >= 15 is 0 Å². The number of aryl methyl sites for hydroxylation is 1. The van der Waals surface area contributed by atoms with E-state index in [2.05, 4.69) is 42.2 Å². The highest BCUT2D eigenvalue weighted by molar-refractivity contribution is 9.10. The number of nitrogens with zero attached hydrogens (tertiary/aromatic N) is 3. The van der Waals surface area contributed by atoms with Crippen molar-refractivity contribution in [1.29, 1.82) is 0 Å². The summed E-state index contributed by atoms with van der Waals surface area (Å²) in [6, 6.07) is 4.80. The number of aromatic nitrogens is 3. The first-order chi connectivity index (χ1) is 8.17. The van der Waals surface area contributed by atoms with Gasteiger partial charge in [-0.1, -0.05) is 37.1 Å². The summed E-state index contributed by atoms with van der Waals surface area (Å²) in [5.74, 6) is -0.254. The summed E-state index contributed by atoms with van der Waals surface area (Å²) in [5, 5.41) is 8.88. The Morgan fingerprint density at radius 2 is 2.12 bits per heavy atom. The average Bonchev–Trinajstić information content (AvgIpc) is 2.64. The predicted octanol–water partition coefficient (Wildman–Crippen LogP) is 3.17. The van der Waals surface area contributed by atoms with Gasteiger partial charge in [-0.3, -0.25) is 0 Å². The summed E-state index contributed by atoms with van der Waals surface area (Å²) < 4.78 is 15.6. The van der Waals surface area contributed by atoms with Crippen molar-refractivity contribution in [3.05, 3.63) is 45.9 Å². The van der Waals surface area contributed by atoms with Crippen molar-refractivity contribution in [2.24, 2.45) is 0 Å². The molecule has 0 aliphatic rings. The van der Waals surface area contributed by atoms with Gasteiger partial charge in [0.1, 0.15) is 5.82 Å². The smallest absolute Gasteiger partial charge is 0.124 e. The van der Waals surface area contributed by atoms with Crippen molar-refractivity contribution in [2.75, 3.05) is 5.33 Å². The topological polar surface area (TPSA) is 30.7 Å². The highest BCUT2D eigenvalue weighted by atomic mass is 79.9. The number of hydrogen-bond donors (Lipinski definition) is 0. The molecule has 0 radical (unpaired) electrons. The minimum Gasteiger partial charge on any atom is -0.248 e. The third kappa shape index (κ3) is 3.61. The standard InChI is InChI=1S/C11H10Br2FN3/c12-2-1-11-7-17(16-15-11)6-8-3-9(13)5-10(14)4-8/h3-5,7H,1-2,6H2. The van der Waals surface area contributed by atoms with Gasteiger partial charge in [0.05, 0.1) is 12.2 Å². The Balaban J connectivity index is 2.13. The lowest BCUT2D eigenvalue weighted by molar-refractivity contribution is 0.613. The van der Waals surface area contributed by atoms with Crippen molar-refractivity contribution in [2.45, 2.75) is 13.0 Å². The lowest BCUT2D eigenvalue weighted by Crippen LogP contribution is -2.01. The highest BCUT2D eigenvalue weighted by Crippen LogP contribution is 2.15. The van der Waals surface area contributed by atoms with Crippen LogP contribution in [0.5, 0.6) is 0 Å². The van der Waals surface area contributed by atoms with E-state index in [1.165, 1.54) is 12.1 Å². The molecule has 0 amide bonds. The zero-order valence-corrected chi connectivity index (χ0v) is 12.1. The van der Waals surface area contributed by atoms with Crippen LogP contribution in [0.15, 0.2) is 28.9 Å². The van der Waals surface area contributed by atoms with E-state index in [0.717, 1.165) is 27.5 Å². The molecule has 1 heterocycles. The summed E-state index contributed by atoms with van der Waals surface area (Å²) >= 11 is 6.61. The second-order valence-electron chi connectivity index (χ2n) is 3.62. The van der Waals surface area contributed by atoms with Gasteiger partial charge in [0.2, 0.25) is 0 Å². The summed E-state index contributed by atoms with van der Waals surface area (Å²) in [6.07, 6.45) is 2.72. The molecule has 0 spiro atoms. The minimum absolute atomic E-state index is 0.254. The first-order valence-corrected chi connectivity index (χ1v) is 6.99. The van der Waals surface area contributed by atoms with E-state index in [0.29, 0.717) is 6.54 Å². The van der Waals surface area contributed by atoms with Crippen LogP contribution < -0.4 is 0 Å². The van der Waals surface area contributed by atoms with Gasteiger partial charge in [-0.05, 0) is 23.8 Å². The Morgan fingerprint density at radius 3 is 2.82 bits per heavy atom. The molecule has 0 saturated heterocycles. The molecular weight excluding hydrogens is 353 g/mol. The maximum absolute atomic E-state index is 13.2. The first kappa shape index (κ1) is 12.7. The van der Waals surface area contributed by atoms with Gasteiger partial charge in [0.15, 0.2) is 0 Å². The molecule has 17 heavy (non-hydrogen) atoms. The molecule has 0 N–H and O–H groups in total. The van der Waals surface area contributed by atoms with Gasteiger partial charge in [-0.25, -0.2) is 9.07 Å². The number of hydrogen-bond acceptors (Lipinski definition) is 2. The van der Waals surface area contributed by atoms with Crippen LogP contribution in [0.1, 0.15) is 11.3 Å². The molecular formula is C11H10Br2FN3. The normalized spacial score (nSPS) is 10.8. The van der Waals surface area contributed by atoms with Gasteiger partial charge in [0, 0.05) is 22.4 Å². The van der Waals surface area contributed by atoms with E-state index in [4.69, 9.17) is 0 Å². The van der Waals surface area contributed by atoms with Gasteiger partial charge < -0.3 is 0 Å². The van der Waals surface area contributed by atoms with Crippen LogP contribution in [0.25, 0.3) is 0 Å². The van der Waals surface area contributed by atoms with Gasteiger partial charge >= 0.3 is 0 Å². The molecule has 0 bridgehead atoms. The van der Waals surface area contributed by atoms with Gasteiger partial charge in [0.25, 0.3) is 0 Å². The maximum atomic E-state index is 13.2. The molecule has 0 fully saturated rings. The molecule has 0 unspecified atom stereocenters. The van der Waals surface area contributed by atoms with Crippen molar-refractivity contribution in [1.82, 2.24) is 15.0 Å². The third-order valence-corrected chi connectivity index (χ3v) is 3.06. The Labute approximate surface area is 115 Å². The fourth-order valence-electron chi connectivity index (χ4n) is 1.52. The van der Waals surface area contributed by atoms with E-state index in [1.54, 1.807) is 4.68 Å². The molecule has 0 aliphatic carbocycles. The van der Waals surface area contributed by atoms with Crippen LogP contribution in [-0.2, 0) is 13.0 Å². The van der Waals surface area contributed by atoms with Crippen LogP contribution in [0.3, 0.4) is 0 Å². The van der Waals surface area contributed by atoms with Crippen LogP contribution in [-0.4, -0.2) is 20.3 Å². The van der Waals surface area contributed by atoms with Crippen LogP contribution >= 0.6 is 31.9 Å². The average molecular weight is 363 g/mol. The third-order valence-electron chi connectivity index (χ3n) is 2.20. The van der Waals surface area contributed by atoms with E-state index in [9.17, 15) is 4.39 Å².